The van der Waals surface area contributed by atoms with Gasteiger partial charge in [0.25, 0.3) is 0 Å². The van der Waals surface area contributed by atoms with Gasteiger partial charge >= 0.3 is 0 Å². The molecule has 6 heteroatoms. The van der Waals surface area contributed by atoms with E-state index in [9.17, 15) is 0 Å². The number of rotatable bonds is 0. The fourth-order valence-corrected chi connectivity index (χ4v) is 2.76. The summed E-state index contributed by atoms with van der Waals surface area (Å²) in [6, 6.07) is 10.9. The van der Waals surface area contributed by atoms with E-state index in [2.05, 4.69) is 47.8 Å². The molecule has 0 amide bonds. The molecule has 0 aromatic heterocycles. The summed E-state index contributed by atoms with van der Waals surface area (Å²) in [5.74, 6) is 0. The molecule has 0 N–H and O–H groups in total. The van der Waals surface area contributed by atoms with E-state index in [1.165, 1.54) is 0 Å². The quantitative estimate of drug-likeness (QED) is 0.329. The van der Waals surface area contributed by atoms with Gasteiger partial charge in [-0.15, -0.1) is 0 Å². The second-order valence-corrected chi connectivity index (χ2v) is 6.99. The van der Waals surface area contributed by atoms with E-state index in [0.29, 0.717) is 15.1 Å². The van der Waals surface area contributed by atoms with Crippen LogP contribution in [0.2, 0.25) is 15.1 Å². The minimum Gasteiger partial charge on any atom is -0.0843 e. The molecule has 2 rings (SSSR count). The molecule has 0 nitrogen and oxygen atoms in total. The molecule has 0 heterocycles. The van der Waals surface area contributed by atoms with Crippen molar-refractivity contribution in [3.63, 3.8) is 0 Å². The first-order valence-corrected chi connectivity index (χ1v) is 8.12. The van der Waals surface area contributed by atoms with Crippen LogP contribution in [0.4, 0.5) is 0 Å². The molecule has 0 saturated heterocycles. The molecule has 0 radical (unpaired) electrons. The van der Waals surface area contributed by atoms with Crippen molar-refractivity contribution in [2.24, 2.45) is 0 Å². The lowest BCUT2D eigenvalue weighted by molar-refractivity contribution is 1.55. The lowest BCUT2D eigenvalue weighted by Crippen LogP contribution is -1.67. The van der Waals surface area contributed by atoms with Crippen molar-refractivity contribution in [2.45, 2.75) is 0 Å². The van der Waals surface area contributed by atoms with Gasteiger partial charge in [0.1, 0.15) is 0 Å². The van der Waals surface area contributed by atoms with Crippen LogP contribution in [0, 0.1) is 0 Å². The van der Waals surface area contributed by atoms with Gasteiger partial charge in [0.15, 0.2) is 0 Å². The summed E-state index contributed by atoms with van der Waals surface area (Å²) in [6.07, 6.45) is 0. The molecule has 0 fully saturated rings. The van der Waals surface area contributed by atoms with Crippen LogP contribution in [-0.2, 0) is 0 Å². The molecule has 0 aliphatic heterocycles. The first-order valence-electron chi connectivity index (χ1n) is 4.61. The van der Waals surface area contributed by atoms with Crippen molar-refractivity contribution < 1.29 is 0 Å². The molecule has 0 saturated carbocycles. The van der Waals surface area contributed by atoms with E-state index in [4.69, 9.17) is 34.8 Å². The van der Waals surface area contributed by atoms with Crippen LogP contribution < -0.4 is 0 Å². The fourth-order valence-electron chi connectivity index (χ4n) is 0.941. The predicted molar refractivity (Wildman–Crippen MR) is 91.0 cm³/mol. The van der Waals surface area contributed by atoms with Crippen molar-refractivity contribution in [1.82, 2.24) is 0 Å². The third-order valence-corrected chi connectivity index (χ3v) is 5.11. The van der Waals surface area contributed by atoms with E-state index in [1.54, 1.807) is 18.2 Å². The van der Waals surface area contributed by atoms with Crippen LogP contribution in [-0.4, -0.2) is 0 Å². The third kappa shape index (κ3) is 5.81. The Balaban J connectivity index is 0.000000180. The van der Waals surface area contributed by atoms with Gasteiger partial charge in [0, 0.05) is 18.4 Å². The van der Waals surface area contributed by atoms with E-state index in [1.807, 2.05) is 18.2 Å². The molecule has 0 atom stereocenters. The van der Waals surface area contributed by atoms with Crippen LogP contribution in [0.3, 0.4) is 0 Å². The lowest BCUT2D eigenvalue weighted by Gasteiger charge is -1.93. The molecule has 0 unspecified atom stereocenters. The number of benzene rings is 2. The molecule has 0 spiro atoms. The number of hydrogen-bond acceptors (Lipinski definition) is 0. The monoisotopic (exact) mass is 492 g/mol. The van der Waals surface area contributed by atoms with Gasteiger partial charge in [-0.2, -0.15) is 0 Å². The summed E-state index contributed by atoms with van der Waals surface area (Å²) < 4.78 is 3.22. The molecular weight excluding hydrogens is 490 g/mol. The highest BCUT2D eigenvalue weighted by molar-refractivity contribution is 9.13. The Bertz CT molecular complexity index is 495. The Morgan fingerprint density at radius 1 is 0.667 bits per heavy atom. The average molecular weight is 496 g/mol. The van der Waals surface area contributed by atoms with Gasteiger partial charge in [-0.05, 0) is 68.3 Å². The van der Waals surface area contributed by atoms with Crippen molar-refractivity contribution in [3.8, 4) is 0 Å². The summed E-state index contributed by atoms with van der Waals surface area (Å²) in [5.41, 5.74) is 0. The highest BCUT2D eigenvalue weighted by Gasteiger charge is 1.95. The summed E-state index contributed by atoms with van der Waals surface area (Å²) in [7, 11) is 0. The Kier molecular flexibility index (Phi) is 7.59. The van der Waals surface area contributed by atoms with Gasteiger partial charge < -0.3 is 0 Å². The van der Waals surface area contributed by atoms with Gasteiger partial charge in [0.05, 0.1) is 10.0 Å². The van der Waals surface area contributed by atoms with E-state index < -0.39 is 0 Å². The van der Waals surface area contributed by atoms with Crippen LogP contribution in [0.5, 0.6) is 0 Å². The highest BCUT2D eigenvalue weighted by Crippen LogP contribution is 2.26. The third-order valence-electron chi connectivity index (χ3n) is 1.76. The van der Waals surface area contributed by atoms with Crippen molar-refractivity contribution in [2.75, 3.05) is 0 Å². The zero-order valence-corrected chi connectivity index (χ0v) is 15.8. The maximum absolute atomic E-state index is 5.60. The van der Waals surface area contributed by atoms with Gasteiger partial charge in [-0.25, -0.2) is 0 Å². The summed E-state index contributed by atoms with van der Waals surface area (Å²) in [4.78, 5) is 0. The zero-order valence-electron chi connectivity index (χ0n) is 8.73. The van der Waals surface area contributed by atoms with Crippen LogP contribution in [0.1, 0.15) is 0 Å². The minimum absolute atomic E-state index is 0.490. The van der Waals surface area contributed by atoms with Crippen molar-refractivity contribution in [1.29, 1.82) is 0 Å². The smallest absolute Gasteiger partial charge is 0.0607 e. The van der Waals surface area contributed by atoms with Gasteiger partial charge in [0.2, 0.25) is 0 Å². The van der Waals surface area contributed by atoms with Crippen LogP contribution in [0.25, 0.3) is 0 Å². The highest BCUT2D eigenvalue weighted by atomic mass is 79.9. The second-order valence-electron chi connectivity index (χ2n) is 3.12. The predicted octanol–water partition coefficient (Wildman–Crippen LogP) is 7.62. The summed E-state index contributed by atoms with van der Waals surface area (Å²) in [6.45, 7) is 0. The zero-order chi connectivity index (χ0) is 13.7. The summed E-state index contributed by atoms with van der Waals surface area (Å²) in [5, 5.41) is 1.62. The van der Waals surface area contributed by atoms with Crippen LogP contribution in [0.15, 0.2) is 49.8 Å². The van der Waals surface area contributed by atoms with E-state index in [-0.39, 0.29) is 0 Å². The average Bonchev–Trinajstić information content (AvgIpc) is 2.30. The Morgan fingerprint density at radius 3 is 1.78 bits per heavy atom. The maximum atomic E-state index is 5.60. The largest absolute Gasteiger partial charge is 0.0843 e. The standard InChI is InChI=1S/C6H3Br3.C6H3Cl3/c2*7-4-1-2-5(8)6(9)3-4/h2*1-3H. The SMILES string of the molecule is Brc1ccc(Br)c(Br)c1.Clc1ccc(Cl)c(Cl)c1. The maximum Gasteiger partial charge on any atom is 0.0607 e. The Hall–Kier alpha value is 0.750. The van der Waals surface area contributed by atoms with Gasteiger partial charge in [-0.1, -0.05) is 50.7 Å². The first-order chi connectivity index (χ1) is 8.40. The Labute approximate surface area is 146 Å². The minimum atomic E-state index is 0.490. The van der Waals surface area contributed by atoms with Crippen molar-refractivity contribution in [3.05, 3.63) is 64.9 Å². The summed E-state index contributed by atoms with van der Waals surface area (Å²) >= 11 is 26.8. The fraction of sp³-hybridized carbons (Fsp3) is 0. The Morgan fingerprint density at radius 2 is 1.33 bits per heavy atom. The lowest BCUT2D eigenvalue weighted by atomic mass is 10.4. The van der Waals surface area contributed by atoms with E-state index >= 15 is 0 Å². The number of hydrogen-bond donors (Lipinski definition) is 0. The molecule has 18 heavy (non-hydrogen) atoms. The first kappa shape index (κ1) is 16.8. The molecule has 0 aliphatic carbocycles. The van der Waals surface area contributed by atoms with E-state index in [0.717, 1.165) is 13.4 Å². The van der Waals surface area contributed by atoms with Gasteiger partial charge in [-0.3, -0.25) is 0 Å². The molecule has 2 aromatic rings. The molecular formula is C12H6Br3Cl3. The molecule has 96 valence electrons. The molecule has 0 bridgehead atoms. The normalized spacial score (nSPS) is 9.67. The molecule has 2 aromatic carbocycles. The second kappa shape index (κ2) is 8.13. The van der Waals surface area contributed by atoms with Crippen molar-refractivity contribution >= 4 is 82.6 Å². The number of halogens is 6. The van der Waals surface area contributed by atoms with Crippen LogP contribution >= 0.6 is 82.6 Å². The molecule has 0 aliphatic rings. The topological polar surface area (TPSA) is 0 Å².